The second-order valence-corrected chi connectivity index (χ2v) is 5.27. The Kier molecular flexibility index (Phi) is 3.98. The van der Waals surface area contributed by atoms with E-state index < -0.39 is 6.10 Å². The predicted octanol–water partition coefficient (Wildman–Crippen LogP) is 4.07. The number of nitrogens with zero attached hydrogens (tertiary/aromatic N) is 1. The van der Waals surface area contributed by atoms with Crippen molar-refractivity contribution in [2.75, 3.05) is 0 Å². The number of rotatable bonds is 4. The van der Waals surface area contributed by atoms with Gasteiger partial charge in [0.2, 0.25) is 0 Å². The van der Waals surface area contributed by atoms with Crippen molar-refractivity contribution in [2.24, 2.45) is 0 Å². The summed E-state index contributed by atoms with van der Waals surface area (Å²) in [7, 11) is 0. The molecule has 1 aromatic heterocycles. The van der Waals surface area contributed by atoms with E-state index >= 15 is 0 Å². The fourth-order valence-electron chi connectivity index (χ4n) is 2.71. The van der Waals surface area contributed by atoms with Crippen LogP contribution >= 0.6 is 0 Å². The van der Waals surface area contributed by atoms with Gasteiger partial charge >= 0.3 is 0 Å². The summed E-state index contributed by atoms with van der Waals surface area (Å²) < 4.78 is 0. The lowest BCUT2D eigenvalue weighted by molar-refractivity contribution is 0.176. The van der Waals surface area contributed by atoms with Gasteiger partial charge in [-0.05, 0) is 29.7 Å². The van der Waals surface area contributed by atoms with E-state index in [1.54, 1.807) is 0 Å². The van der Waals surface area contributed by atoms with Crippen molar-refractivity contribution in [2.45, 2.75) is 25.9 Å². The van der Waals surface area contributed by atoms with Crippen molar-refractivity contribution in [1.82, 2.24) is 4.98 Å². The monoisotopic (exact) mass is 277 g/mol. The molecule has 0 aliphatic heterocycles. The number of aliphatic hydroxyl groups is 1. The van der Waals surface area contributed by atoms with Crippen LogP contribution in [-0.2, 0) is 12.8 Å². The molecule has 0 saturated carbocycles. The standard InChI is InChI=1S/C19H19NO/c1-2-14-7-3-5-9-17(14)19(21)13-16-12-11-15-8-4-6-10-18(15)20-16/h3-12,19,21H,2,13H2,1H3. The lowest BCUT2D eigenvalue weighted by Gasteiger charge is -2.14. The molecule has 2 nitrogen and oxygen atoms in total. The molecule has 0 amide bonds. The normalized spacial score (nSPS) is 12.5. The molecular formula is C19H19NO. The van der Waals surface area contributed by atoms with E-state index in [1.807, 2.05) is 42.5 Å². The first-order valence-electron chi connectivity index (χ1n) is 7.38. The molecule has 3 rings (SSSR count). The Morgan fingerprint density at radius 2 is 1.71 bits per heavy atom. The number of para-hydroxylation sites is 1. The zero-order valence-electron chi connectivity index (χ0n) is 12.2. The summed E-state index contributed by atoms with van der Waals surface area (Å²) in [5, 5.41) is 11.6. The molecule has 0 radical (unpaired) electrons. The molecule has 0 saturated heterocycles. The molecule has 1 unspecified atom stereocenters. The van der Waals surface area contributed by atoms with Gasteiger partial charge in [-0.15, -0.1) is 0 Å². The number of aryl methyl sites for hydroxylation is 1. The number of fused-ring (bicyclic) bond motifs is 1. The minimum absolute atomic E-state index is 0.505. The van der Waals surface area contributed by atoms with Crippen molar-refractivity contribution < 1.29 is 5.11 Å². The van der Waals surface area contributed by atoms with E-state index in [0.717, 1.165) is 28.6 Å². The maximum Gasteiger partial charge on any atom is 0.0848 e. The van der Waals surface area contributed by atoms with Gasteiger partial charge < -0.3 is 5.11 Å². The van der Waals surface area contributed by atoms with Gasteiger partial charge in [0.05, 0.1) is 11.6 Å². The second-order valence-electron chi connectivity index (χ2n) is 5.27. The number of hydrogen-bond acceptors (Lipinski definition) is 2. The molecule has 0 aliphatic rings. The molecule has 2 aromatic carbocycles. The Bertz CT molecular complexity index is 751. The van der Waals surface area contributed by atoms with E-state index in [4.69, 9.17) is 0 Å². The van der Waals surface area contributed by atoms with Crippen LogP contribution in [0.1, 0.15) is 29.8 Å². The third kappa shape index (κ3) is 2.96. The fourth-order valence-corrected chi connectivity index (χ4v) is 2.71. The zero-order chi connectivity index (χ0) is 14.7. The minimum Gasteiger partial charge on any atom is -0.388 e. The van der Waals surface area contributed by atoms with Gasteiger partial charge in [0, 0.05) is 17.5 Å². The Morgan fingerprint density at radius 3 is 2.57 bits per heavy atom. The molecule has 106 valence electrons. The maximum absolute atomic E-state index is 10.5. The van der Waals surface area contributed by atoms with E-state index in [0.29, 0.717) is 6.42 Å². The van der Waals surface area contributed by atoms with Crippen molar-refractivity contribution in [3.05, 3.63) is 77.5 Å². The molecule has 1 N–H and O–H groups in total. The van der Waals surface area contributed by atoms with E-state index in [-0.39, 0.29) is 0 Å². The van der Waals surface area contributed by atoms with Gasteiger partial charge in [0.1, 0.15) is 0 Å². The van der Waals surface area contributed by atoms with Crippen LogP contribution in [0, 0.1) is 0 Å². The van der Waals surface area contributed by atoms with E-state index in [9.17, 15) is 5.11 Å². The molecule has 1 heterocycles. The molecule has 21 heavy (non-hydrogen) atoms. The molecule has 0 bridgehead atoms. The number of pyridine rings is 1. The van der Waals surface area contributed by atoms with Crippen LogP contribution in [0.15, 0.2) is 60.7 Å². The number of hydrogen-bond donors (Lipinski definition) is 1. The van der Waals surface area contributed by atoms with Gasteiger partial charge in [-0.3, -0.25) is 4.98 Å². The van der Waals surface area contributed by atoms with Gasteiger partial charge in [-0.25, -0.2) is 0 Å². The maximum atomic E-state index is 10.5. The van der Waals surface area contributed by atoms with Crippen LogP contribution in [0.2, 0.25) is 0 Å². The highest BCUT2D eigenvalue weighted by atomic mass is 16.3. The summed E-state index contributed by atoms with van der Waals surface area (Å²) in [5.41, 5.74) is 4.11. The molecule has 0 aliphatic carbocycles. The average Bonchev–Trinajstić information content (AvgIpc) is 2.54. The first-order chi connectivity index (χ1) is 10.3. The Morgan fingerprint density at radius 1 is 0.952 bits per heavy atom. The number of aliphatic hydroxyl groups excluding tert-OH is 1. The highest BCUT2D eigenvalue weighted by Gasteiger charge is 2.12. The molecule has 3 aromatic rings. The number of aromatic nitrogens is 1. The van der Waals surface area contributed by atoms with Crippen molar-refractivity contribution in [3.8, 4) is 0 Å². The first-order valence-corrected chi connectivity index (χ1v) is 7.38. The van der Waals surface area contributed by atoms with Gasteiger partial charge in [0.25, 0.3) is 0 Å². The smallest absolute Gasteiger partial charge is 0.0848 e. The largest absolute Gasteiger partial charge is 0.388 e. The Balaban J connectivity index is 1.87. The summed E-state index contributed by atoms with van der Waals surface area (Å²) in [5.74, 6) is 0. The topological polar surface area (TPSA) is 33.1 Å². The van der Waals surface area contributed by atoms with Gasteiger partial charge in [-0.2, -0.15) is 0 Å². The van der Waals surface area contributed by atoms with Crippen LogP contribution in [0.4, 0.5) is 0 Å². The SMILES string of the molecule is CCc1ccccc1C(O)Cc1ccc2ccccc2n1. The fraction of sp³-hybridized carbons (Fsp3) is 0.211. The summed E-state index contributed by atoms with van der Waals surface area (Å²) in [6.45, 7) is 2.11. The summed E-state index contributed by atoms with van der Waals surface area (Å²) in [4.78, 5) is 4.64. The van der Waals surface area contributed by atoms with Crippen molar-refractivity contribution in [1.29, 1.82) is 0 Å². The highest BCUT2D eigenvalue weighted by Crippen LogP contribution is 2.22. The average molecular weight is 277 g/mol. The minimum atomic E-state index is -0.505. The summed E-state index contributed by atoms with van der Waals surface area (Å²) >= 11 is 0. The Labute approximate surface area is 125 Å². The van der Waals surface area contributed by atoms with Crippen LogP contribution in [0.3, 0.4) is 0 Å². The van der Waals surface area contributed by atoms with Crippen molar-refractivity contribution >= 4 is 10.9 Å². The van der Waals surface area contributed by atoms with Crippen molar-refractivity contribution in [3.63, 3.8) is 0 Å². The second kappa shape index (κ2) is 6.06. The van der Waals surface area contributed by atoms with Crippen LogP contribution in [-0.4, -0.2) is 10.1 Å². The third-order valence-electron chi connectivity index (χ3n) is 3.85. The highest BCUT2D eigenvalue weighted by molar-refractivity contribution is 5.78. The summed E-state index contributed by atoms with van der Waals surface area (Å²) in [6, 6.07) is 20.2. The lowest BCUT2D eigenvalue weighted by atomic mass is 9.97. The van der Waals surface area contributed by atoms with Gasteiger partial charge in [0.15, 0.2) is 0 Å². The van der Waals surface area contributed by atoms with Crippen LogP contribution in [0.5, 0.6) is 0 Å². The first kappa shape index (κ1) is 13.8. The Hall–Kier alpha value is -2.19. The third-order valence-corrected chi connectivity index (χ3v) is 3.85. The summed E-state index contributed by atoms with van der Waals surface area (Å²) in [6.07, 6.45) is 0.968. The number of benzene rings is 2. The molecule has 2 heteroatoms. The van der Waals surface area contributed by atoms with E-state index in [2.05, 4.69) is 30.1 Å². The van der Waals surface area contributed by atoms with Gasteiger partial charge in [-0.1, -0.05) is 55.5 Å². The molecule has 1 atom stereocenters. The quantitative estimate of drug-likeness (QED) is 0.779. The van der Waals surface area contributed by atoms with Crippen LogP contribution in [0.25, 0.3) is 10.9 Å². The van der Waals surface area contributed by atoms with E-state index in [1.165, 1.54) is 5.56 Å². The lowest BCUT2D eigenvalue weighted by Crippen LogP contribution is -2.06. The molecule has 0 fully saturated rings. The molecular weight excluding hydrogens is 258 g/mol. The van der Waals surface area contributed by atoms with Crippen LogP contribution < -0.4 is 0 Å². The molecule has 0 spiro atoms. The zero-order valence-corrected chi connectivity index (χ0v) is 12.2. The predicted molar refractivity (Wildman–Crippen MR) is 86.2 cm³/mol.